The fourth-order valence-corrected chi connectivity index (χ4v) is 2.90. The normalized spacial score (nSPS) is 20.7. The van der Waals surface area contributed by atoms with Gasteiger partial charge in [-0.15, -0.1) is 11.8 Å². The van der Waals surface area contributed by atoms with Crippen LogP contribution < -0.4 is 10.6 Å². The lowest BCUT2D eigenvalue weighted by atomic mass is 10.0. The van der Waals surface area contributed by atoms with Crippen molar-refractivity contribution < 1.29 is 9.90 Å². The van der Waals surface area contributed by atoms with Crippen LogP contribution >= 0.6 is 11.8 Å². The molecule has 3 N–H and O–H groups in total. The Morgan fingerprint density at radius 3 is 3.06 bits per heavy atom. The zero-order valence-corrected chi connectivity index (χ0v) is 11.2. The van der Waals surface area contributed by atoms with Gasteiger partial charge in [-0.3, -0.25) is 10.1 Å². The Morgan fingerprint density at radius 2 is 2.39 bits per heavy atom. The average molecular weight is 266 g/mol. The third-order valence-corrected chi connectivity index (χ3v) is 3.99. The van der Waals surface area contributed by atoms with Crippen molar-refractivity contribution >= 4 is 17.7 Å². The van der Waals surface area contributed by atoms with Crippen LogP contribution in [-0.2, 0) is 4.79 Å². The number of hydrogen-bond acceptors (Lipinski definition) is 4. The van der Waals surface area contributed by atoms with Crippen LogP contribution in [0.2, 0.25) is 0 Å². The van der Waals surface area contributed by atoms with Gasteiger partial charge in [0.05, 0.1) is 12.1 Å². The van der Waals surface area contributed by atoms with Crippen LogP contribution in [-0.4, -0.2) is 35.2 Å². The summed E-state index contributed by atoms with van der Waals surface area (Å²) in [5, 5.41) is 15.9. The molecule has 1 heterocycles. The monoisotopic (exact) mass is 266 g/mol. The van der Waals surface area contributed by atoms with Gasteiger partial charge in [0.1, 0.15) is 0 Å². The molecule has 1 aliphatic rings. The molecule has 0 radical (unpaired) electrons. The highest BCUT2D eigenvalue weighted by Crippen LogP contribution is 2.16. The van der Waals surface area contributed by atoms with Gasteiger partial charge in [0, 0.05) is 18.2 Å². The van der Waals surface area contributed by atoms with E-state index in [9.17, 15) is 9.90 Å². The van der Waals surface area contributed by atoms with Crippen molar-refractivity contribution in [1.29, 1.82) is 0 Å². The van der Waals surface area contributed by atoms with Crippen LogP contribution in [0, 0.1) is 6.92 Å². The van der Waals surface area contributed by atoms with Gasteiger partial charge < -0.3 is 10.4 Å². The third kappa shape index (κ3) is 3.25. The maximum absolute atomic E-state index is 11.8. The SMILES string of the molecule is Cc1ccccc1[C@H](O)CNC(=O)[C@@H]1CSCN1. The largest absolute Gasteiger partial charge is 0.387 e. The first-order valence-corrected chi connectivity index (χ1v) is 7.16. The van der Waals surface area contributed by atoms with Gasteiger partial charge >= 0.3 is 0 Å². The lowest BCUT2D eigenvalue weighted by Crippen LogP contribution is -2.43. The Kier molecular flexibility index (Phi) is 4.63. The van der Waals surface area contributed by atoms with E-state index in [-0.39, 0.29) is 18.5 Å². The number of thioether (sulfide) groups is 1. The maximum Gasteiger partial charge on any atom is 0.238 e. The Balaban J connectivity index is 1.86. The molecular weight excluding hydrogens is 248 g/mol. The second-order valence-electron chi connectivity index (χ2n) is 4.39. The first-order chi connectivity index (χ1) is 8.68. The van der Waals surface area contributed by atoms with Crippen molar-refractivity contribution in [3.05, 3.63) is 35.4 Å². The summed E-state index contributed by atoms with van der Waals surface area (Å²) in [5.74, 6) is 1.58. The van der Waals surface area contributed by atoms with E-state index in [4.69, 9.17) is 0 Å². The fourth-order valence-electron chi connectivity index (χ4n) is 1.95. The number of rotatable bonds is 4. The molecule has 0 spiro atoms. The molecule has 18 heavy (non-hydrogen) atoms. The Morgan fingerprint density at radius 1 is 1.61 bits per heavy atom. The molecule has 0 aliphatic carbocycles. The molecule has 1 aromatic rings. The molecule has 2 atom stereocenters. The topological polar surface area (TPSA) is 61.4 Å². The van der Waals surface area contributed by atoms with E-state index in [0.717, 1.165) is 22.8 Å². The summed E-state index contributed by atoms with van der Waals surface area (Å²) in [4.78, 5) is 11.8. The minimum absolute atomic E-state index is 0.0346. The number of hydrogen-bond donors (Lipinski definition) is 3. The van der Waals surface area contributed by atoms with Gasteiger partial charge in [-0.25, -0.2) is 0 Å². The fraction of sp³-hybridized carbons (Fsp3) is 0.462. The van der Waals surface area contributed by atoms with E-state index in [1.54, 1.807) is 11.8 Å². The van der Waals surface area contributed by atoms with Gasteiger partial charge in [0.15, 0.2) is 0 Å². The van der Waals surface area contributed by atoms with Gasteiger partial charge in [-0.1, -0.05) is 24.3 Å². The Hall–Kier alpha value is -1.04. The third-order valence-electron chi connectivity index (χ3n) is 3.05. The molecule has 1 fully saturated rings. The first kappa shape index (κ1) is 13.4. The number of nitrogens with one attached hydrogen (secondary N) is 2. The van der Waals surface area contributed by atoms with E-state index in [1.165, 1.54) is 0 Å². The van der Waals surface area contributed by atoms with E-state index in [0.29, 0.717) is 0 Å². The first-order valence-electron chi connectivity index (χ1n) is 6.01. The zero-order chi connectivity index (χ0) is 13.0. The van der Waals surface area contributed by atoms with Gasteiger partial charge in [0.2, 0.25) is 5.91 Å². The van der Waals surface area contributed by atoms with Crippen molar-refractivity contribution in [2.45, 2.75) is 19.1 Å². The predicted molar refractivity (Wildman–Crippen MR) is 73.4 cm³/mol. The highest BCUT2D eigenvalue weighted by atomic mass is 32.2. The molecule has 0 bridgehead atoms. The summed E-state index contributed by atoms with van der Waals surface area (Å²) in [6.07, 6.45) is -0.649. The summed E-state index contributed by atoms with van der Waals surface area (Å²) < 4.78 is 0. The summed E-state index contributed by atoms with van der Waals surface area (Å²) in [6, 6.07) is 7.54. The van der Waals surface area contributed by atoms with E-state index in [1.807, 2.05) is 31.2 Å². The van der Waals surface area contributed by atoms with Gasteiger partial charge in [-0.2, -0.15) is 0 Å². The molecule has 4 nitrogen and oxygen atoms in total. The lowest BCUT2D eigenvalue weighted by Gasteiger charge is -2.16. The molecule has 5 heteroatoms. The Bertz CT molecular complexity index is 419. The van der Waals surface area contributed by atoms with Crippen LogP contribution in [0.1, 0.15) is 17.2 Å². The molecule has 0 unspecified atom stereocenters. The smallest absolute Gasteiger partial charge is 0.238 e. The molecule has 2 rings (SSSR count). The zero-order valence-electron chi connectivity index (χ0n) is 10.3. The van der Waals surface area contributed by atoms with E-state index < -0.39 is 6.10 Å². The number of carbonyl (C=O) groups is 1. The van der Waals surface area contributed by atoms with Crippen molar-refractivity contribution in [2.24, 2.45) is 0 Å². The van der Waals surface area contributed by atoms with Gasteiger partial charge in [0.25, 0.3) is 0 Å². The maximum atomic E-state index is 11.8. The van der Waals surface area contributed by atoms with Crippen molar-refractivity contribution in [1.82, 2.24) is 10.6 Å². The number of aliphatic hydroxyl groups excluding tert-OH is 1. The van der Waals surface area contributed by atoms with Crippen LogP contribution in [0.5, 0.6) is 0 Å². The second kappa shape index (κ2) is 6.22. The summed E-state index contributed by atoms with van der Waals surface area (Å²) in [6.45, 7) is 2.21. The van der Waals surface area contributed by atoms with Crippen LogP contribution in [0.25, 0.3) is 0 Å². The number of amides is 1. The standard InChI is InChI=1S/C13H18N2O2S/c1-9-4-2-3-5-10(9)12(16)6-14-13(17)11-7-18-8-15-11/h2-5,11-12,15-16H,6-8H2,1H3,(H,14,17)/t11-,12+/m0/s1. The lowest BCUT2D eigenvalue weighted by molar-refractivity contribution is -0.122. The number of aliphatic hydroxyl groups is 1. The van der Waals surface area contributed by atoms with Crippen molar-refractivity contribution in [3.8, 4) is 0 Å². The van der Waals surface area contributed by atoms with E-state index in [2.05, 4.69) is 10.6 Å². The van der Waals surface area contributed by atoms with Gasteiger partial charge in [-0.05, 0) is 18.1 Å². The van der Waals surface area contributed by atoms with Crippen LogP contribution in [0.4, 0.5) is 0 Å². The number of aryl methyl sites for hydroxylation is 1. The molecule has 1 amide bonds. The predicted octanol–water partition coefficient (Wildman–Crippen LogP) is 0.807. The summed E-state index contributed by atoms with van der Waals surface area (Å²) in [7, 11) is 0. The molecule has 98 valence electrons. The number of carbonyl (C=O) groups excluding carboxylic acids is 1. The minimum atomic E-state index is -0.649. The summed E-state index contributed by atoms with van der Waals surface area (Å²) in [5.41, 5.74) is 1.90. The highest BCUT2D eigenvalue weighted by molar-refractivity contribution is 7.99. The van der Waals surface area contributed by atoms with Crippen LogP contribution in [0.15, 0.2) is 24.3 Å². The Labute approximate surface area is 111 Å². The molecule has 1 saturated heterocycles. The molecule has 0 aromatic heterocycles. The van der Waals surface area contributed by atoms with Crippen molar-refractivity contribution in [2.75, 3.05) is 18.2 Å². The van der Waals surface area contributed by atoms with Crippen LogP contribution in [0.3, 0.4) is 0 Å². The quantitative estimate of drug-likeness (QED) is 0.754. The molecule has 1 aromatic carbocycles. The minimum Gasteiger partial charge on any atom is -0.387 e. The number of benzene rings is 1. The molecule has 1 aliphatic heterocycles. The molecular formula is C13H18N2O2S. The second-order valence-corrected chi connectivity index (χ2v) is 5.42. The van der Waals surface area contributed by atoms with Crippen molar-refractivity contribution in [3.63, 3.8) is 0 Å². The highest BCUT2D eigenvalue weighted by Gasteiger charge is 2.22. The molecule has 0 saturated carbocycles. The summed E-state index contributed by atoms with van der Waals surface area (Å²) >= 11 is 1.71. The average Bonchev–Trinajstić information content (AvgIpc) is 2.90. The van der Waals surface area contributed by atoms with E-state index >= 15 is 0 Å².